The van der Waals surface area contributed by atoms with Gasteiger partial charge in [-0.25, -0.2) is 12.8 Å². The summed E-state index contributed by atoms with van der Waals surface area (Å²) < 4.78 is 38.4. The maximum absolute atomic E-state index is 13.7. The van der Waals surface area contributed by atoms with E-state index in [1.165, 1.54) is 12.5 Å². The van der Waals surface area contributed by atoms with E-state index in [-0.39, 0.29) is 4.90 Å². The zero-order chi connectivity index (χ0) is 13.5. The van der Waals surface area contributed by atoms with Gasteiger partial charge in [0, 0.05) is 6.54 Å². The van der Waals surface area contributed by atoms with Crippen LogP contribution in [0.5, 0.6) is 0 Å². The van der Waals surface area contributed by atoms with Gasteiger partial charge in [0.2, 0.25) is 9.84 Å². The Hall–Kier alpha value is -1.20. The minimum atomic E-state index is -3.63. The van der Waals surface area contributed by atoms with Crippen LogP contribution >= 0.6 is 0 Å². The molecule has 0 saturated carbocycles. The number of hydrogen-bond acceptors (Lipinski definition) is 3. The van der Waals surface area contributed by atoms with E-state index in [9.17, 15) is 12.8 Å². The third kappa shape index (κ3) is 2.21. The van der Waals surface area contributed by atoms with Crippen LogP contribution in [0.1, 0.15) is 24.8 Å². The number of halogens is 1. The van der Waals surface area contributed by atoms with E-state index >= 15 is 0 Å². The average molecular weight is 281 g/mol. The Morgan fingerprint density at radius 3 is 2.58 bits per heavy atom. The van der Waals surface area contributed by atoms with Gasteiger partial charge in [-0.2, -0.15) is 0 Å². The highest BCUT2D eigenvalue weighted by Crippen LogP contribution is 2.35. The Morgan fingerprint density at radius 1 is 1.16 bits per heavy atom. The van der Waals surface area contributed by atoms with Crippen LogP contribution in [0, 0.1) is 5.82 Å². The zero-order valence-electron chi connectivity index (χ0n) is 10.6. The van der Waals surface area contributed by atoms with Crippen molar-refractivity contribution in [1.29, 1.82) is 0 Å². The van der Waals surface area contributed by atoms with Crippen molar-refractivity contribution in [1.82, 2.24) is 4.90 Å². The lowest BCUT2D eigenvalue weighted by molar-refractivity contribution is 0.250. The molecule has 0 spiro atoms. The fraction of sp³-hybridized carbons (Fsp3) is 0.429. The van der Waals surface area contributed by atoms with Crippen LogP contribution in [0.4, 0.5) is 4.39 Å². The van der Waals surface area contributed by atoms with Crippen molar-refractivity contribution in [2.24, 2.45) is 0 Å². The van der Waals surface area contributed by atoms with Crippen molar-refractivity contribution >= 4 is 15.9 Å². The van der Waals surface area contributed by atoms with Gasteiger partial charge in [-0.05, 0) is 43.6 Å². The Morgan fingerprint density at radius 2 is 1.89 bits per heavy atom. The molecule has 2 heterocycles. The third-order valence-corrected chi connectivity index (χ3v) is 5.66. The molecule has 0 aliphatic carbocycles. The van der Waals surface area contributed by atoms with E-state index in [1.807, 2.05) is 0 Å². The first-order valence-corrected chi connectivity index (χ1v) is 8.04. The summed E-state index contributed by atoms with van der Waals surface area (Å²) in [7, 11) is -3.63. The van der Waals surface area contributed by atoms with Crippen LogP contribution in [0.2, 0.25) is 0 Å². The van der Waals surface area contributed by atoms with Crippen LogP contribution in [-0.2, 0) is 9.84 Å². The van der Waals surface area contributed by atoms with E-state index in [0.717, 1.165) is 25.9 Å². The van der Waals surface area contributed by atoms with Crippen LogP contribution in [0.3, 0.4) is 0 Å². The maximum atomic E-state index is 13.7. The van der Waals surface area contributed by atoms with E-state index in [4.69, 9.17) is 0 Å². The summed E-state index contributed by atoms with van der Waals surface area (Å²) in [6, 6.07) is 4.40. The Kier molecular flexibility index (Phi) is 3.19. The van der Waals surface area contributed by atoms with Crippen molar-refractivity contribution in [3.05, 3.63) is 34.5 Å². The quantitative estimate of drug-likeness (QED) is 0.835. The summed E-state index contributed by atoms with van der Waals surface area (Å²) in [6.45, 7) is 2.24. The molecule has 0 N–H and O–H groups in total. The molecule has 5 heteroatoms. The molecular formula is C14H16FNO2S. The lowest BCUT2D eigenvalue weighted by Crippen LogP contribution is -2.32. The predicted octanol–water partition coefficient (Wildman–Crippen LogP) is 2.44. The first-order chi connectivity index (χ1) is 9.09. The molecule has 0 unspecified atom stereocenters. The Balaban J connectivity index is 1.91. The molecule has 2 aliphatic heterocycles. The molecule has 2 aliphatic rings. The zero-order valence-corrected chi connectivity index (χ0v) is 11.4. The second-order valence-corrected chi connectivity index (χ2v) is 7.05. The first-order valence-electron chi connectivity index (χ1n) is 6.55. The second-order valence-electron chi connectivity index (χ2n) is 5.11. The summed E-state index contributed by atoms with van der Waals surface area (Å²) in [5.74, 6) is -0.651. The number of nitrogens with zero attached hydrogens (tertiary/aromatic N) is 1. The van der Waals surface area contributed by atoms with Gasteiger partial charge in [-0.15, -0.1) is 0 Å². The number of piperidine rings is 1. The molecule has 1 aromatic rings. The van der Waals surface area contributed by atoms with Crippen LogP contribution in [0.15, 0.2) is 28.0 Å². The van der Waals surface area contributed by atoms with Gasteiger partial charge in [-0.3, -0.25) is 4.90 Å². The van der Waals surface area contributed by atoms with Crippen molar-refractivity contribution in [2.75, 3.05) is 19.6 Å². The van der Waals surface area contributed by atoms with E-state index in [1.54, 1.807) is 18.2 Å². The highest BCUT2D eigenvalue weighted by molar-refractivity contribution is 7.95. The fourth-order valence-corrected chi connectivity index (χ4v) is 4.43. The molecule has 0 bridgehead atoms. The van der Waals surface area contributed by atoms with Gasteiger partial charge >= 0.3 is 0 Å². The highest BCUT2D eigenvalue weighted by Gasteiger charge is 2.33. The lowest BCUT2D eigenvalue weighted by Gasteiger charge is -2.26. The third-order valence-electron chi connectivity index (χ3n) is 3.76. The van der Waals surface area contributed by atoms with E-state index in [0.29, 0.717) is 17.0 Å². The SMILES string of the molecule is O=S1(=O)C(CN2CCCCC2)=Cc2cccc(F)c21. The molecule has 1 saturated heterocycles. The number of rotatable bonds is 2. The van der Waals surface area contributed by atoms with Gasteiger partial charge in [0.15, 0.2) is 0 Å². The fourth-order valence-electron chi connectivity index (χ4n) is 2.77. The molecule has 0 atom stereocenters. The molecule has 1 aromatic carbocycles. The Labute approximate surface area is 112 Å². The largest absolute Gasteiger partial charge is 0.298 e. The minimum absolute atomic E-state index is 0.151. The minimum Gasteiger partial charge on any atom is -0.298 e. The van der Waals surface area contributed by atoms with E-state index in [2.05, 4.69) is 4.90 Å². The van der Waals surface area contributed by atoms with Gasteiger partial charge in [0.1, 0.15) is 10.7 Å². The highest BCUT2D eigenvalue weighted by atomic mass is 32.2. The van der Waals surface area contributed by atoms with Crippen LogP contribution in [-0.4, -0.2) is 33.0 Å². The molecule has 3 nitrogen and oxygen atoms in total. The average Bonchev–Trinajstić information content (AvgIpc) is 2.63. The normalized spacial score (nSPS) is 22.1. The van der Waals surface area contributed by atoms with Crippen LogP contribution in [0.25, 0.3) is 6.08 Å². The number of hydrogen-bond donors (Lipinski definition) is 0. The molecule has 102 valence electrons. The van der Waals surface area contributed by atoms with Crippen molar-refractivity contribution in [3.8, 4) is 0 Å². The standard InChI is InChI=1S/C14H16FNO2S/c15-13-6-4-5-11-9-12(19(17,18)14(11)13)10-16-7-2-1-3-8-16/h4-6,9H,1-3,7-8,10H2. The van der Waals surface area contributed by atoms with Crippen molar-refractivity contribution < 1.29 is 12.8 Å². The number of fused-ring (bicyclic) bond motifs is 1. The lowest BCUT2D eigenvalue weighted by atomic mass is 10.1. The summed E-state index contributed by atoms with van der Waals surface area (Å²) in [6.07, 6.45) is 5.03. The Bertz CT molecular complexity index is 631. The number of sulfone groups is 1. The molecule has 0 aromatic heterocycles. The first kappa shape index (κ1) is 12.8. The number of benzene rings is 1. The molecule has 3 rings (SSSR count). The summed E-state index contributed by atoms with van der Waals surface area (Å²) in [5.41, 5.74) is 0.479. The number of likely N-dealkylation sites (tertiary alicyclic amines) is 1. The second kappa shape index (κ2) is 4.72. The molecule has 0 radical (unpaired) electrons. The van der Waals surface area contributed by atoms with Crippen molar-refractivity contribution in [3.63, 3.8) is 0 Å². The summed E-state index contributed by atoms with van der Waals surface area (Å²) in [5, 5.41) is 0. The summed E-state index contributed by atoms with van der Waals surface area (Å²) in [4.78, 5) is 2.31. The van der Waals surface area contributed by atoms with Gasteiger partial charge < -0.3 is 0 Å². The van der Waals surface area contributed by atoms with Gasteiger partial charge in [0.25, 0.3) is 0 Å². The molecule has 19 heavy (non-hydrogen) atoms. The maximum Gasteiger partial charge on any atom is 0.207 e. The van der Waals surface area contributed by atoms with Crippen LogP contribution < -0.4 is 0 Å². The summed E-state index contributed by atoms with van der Waals surface area (Å²) >= 11 is 0. The smallest absolute Gasteiger partial charge is 0.207 e. The topological polar surface area (TPSA) is 37.4 Å². The van der Waals surface area contributed by atoms with Gasteiger partial charge in [0.05, 0.1) is 4.91 Å². The molecule has 1 fully saturated rings. The van der Waals surface area contributed by atoms with Gasteiger partial charge in [-0.1, -0.05) is 18.6 Å². The predicted molar refractivity (Wildman–Crippen MR) is 71.9 cm³/mol. The molecule has 0 amide bonds. The molecular weight excluding hydrogens is 265 g/mol. The van der Waals surface area contributed by atoms with Crippen molar-refractivity contribution in [2.45, 2.75) is 24.2 Å². The monoisotopic (exact) mass is 281 g/mol. The van der Waals surface area contributed by atoms with E-state index < -0.39 is 15.7 Å².